The highest BCUT2D eigenvalue weighted by atomic mass is 16.5. The number of ketones is 1. The number of rotatable bonds is 5. The van der Waals surface area contributed by atoms with Gasteiger partial charge in [0.2, 0.25) is 5.43 Å². The highest BCUT2D eigenvalue weighted by Gasteiger charge is 2.43. The first-order valence-electron chi connectivity index (χ1n) is 10.3. The lowest BCUT2D eigenvalue weighted by atomic mass is 10.0. The van der Waals surface area contributed by atoms with Crippen LogP contribution in [-0.2, 0) is 17.7 Å². The van der Waals surface area contributed by atoms with E-state index in [9.17, 15) is 14.4 Å². The van der Waals surface area contributed by atoms with Crippen molar-refractivity contribution >= 4 is 11.7 Å². The molecule has 1 amide bonds. The van der Waals surface area contributed by atoms with Crippen molar-refractivity contribution in [3.63, 3.8) is 0 Å². The first kappa shape index (κ1) is 21.8. The molecule has 1 aromatic heterocycles. The largest absolute Gasteiger partial charge is 0.491 e. The second kappa shape index (κ2) is 9.26. The number of hydrogen-bond donors (Lipinski definition) is 0. The monoisotopic (exact) mass is 412 g/mol. The number of carbonyl (C=O) groups is 2. The highest BCUT2D eigenvalue weighted by molar-refractivity contribution is 6.00. The molecule has 7 heteroatoms. The van der Waals surface area contributed by atoms with E-state index in [1.165, 1.54) is 13.3 Å². The first-order valence-corrected chi connectivity index (χ1v) is 10.3. The Hall–Kier alpha value is -2.93. The third kappa shape index (κ3) is 3.89. The van der Waals surface area contributed by atoms with E-state index >= 15 is 0 Å². The van der Waals surface area contributed by atoms with Crippen LogP contribution in [0, 0.1) is 0 Å². The molecule has 1 aromatic carbocycles. The first-order chi connectivity index (χ1) is 14.5. The zero-order chi connectivity index (χ0) is 21.8. The molecule has 2 aliphatic heterocycles. The van der Waals surface area contributed by atoms with Crippen LogP contribution >= 0.6 is 0 Å². The van der Waals surface area contributed by atoms with Gasteiger partial charge in [-0.3, -0.25) is 14.4 Å². The number of Topliss-reactive ketones (excluding diaryl/α,β-unsaturated/α-hetero) is 1. The van der Waals surface area contributed by atoms with Gasteiger partial charge in [0.15, 0.2) is 23.5 Å². The van der Waals surface area contributed by atoms with Crippen LogP contribution in [0.4, 0.5) is 0 Å². The molecule has 1 fully saturated rings. The molecule has 0 spiro atoms. The van der Waals surface area contributed by atoms with E-state index in [2.05, 4.69) is 0 Å². The summed E-state index contributed by atoms with van der Waals surface area (Å²) in [5.74, 6) is -0.648. The molecule has 0 saturated carbocycles. The zero-order valence-corrected chi connectivity index (χ0v) is 17.9. The minimum absolute atomic E-state index is 0.0452. The van der Waals surface area contributed by atoms with Gasteiger partial charge in [-0.25, -0.2) is 0 Å². The molecular weight excluding hydrogens is 384 g/mol. The molecule has 160 valence electrons. The van der Waals surface area contributed by atoms with Gasteiger partial charge in [0.25, 0.3) is 5.91 Å². The number of ether oxygens (including phenoxy) is 2. The normalized spacial score (nSPS) is 19.5. The van der Waals surface area contributed by atoms with Crippen LogP contribution < -0.4 is 10.2 Å². The molecule has 30 heavy (non-hydrogen) atoms. The highest BCUT2D eigenvalue weighted by Crippen LogP contribution is 2.30. The molecule has 0 radical (unpaired) electrons. The molecule has 0 N–H and O–H groups in total. The number of methoxy groups -OCH3 is 1. The van der Waals surface area contributed by atoms with Crippen LogP contribution in [0.15, 0.2) is 41.3 Å². The predicted molar refractivity (Wildman–Crippen MR) is 113 cm³/mol. The lowest BCUT2D eigenvalue weighted by molar-refractivity contribution is 0.00622. The number of carbonyl (C=O) groups excluding carboxylic acids is 2. The predicted octanol–water partition coefficient (Wildman–Crippen LogP) is 2.90. The summed E-state index contributed by atoms with van der Waals surface area (Å²) in [4.78, 5) is 40.2. The topological polar surface area (TPSA) is 77.8 Å². The van der Waals surface area contributed by atoms with Gasteiger partial charge in [0.05, 0.1) is 31.9 Å². The van der Waals surface area contributed by atoms with E-state index in [0.717, 1.165) is 5.56 Å². The van der Waals surface area contributed by atoms with Crippen LogP contribution in [0.3, 0.4) is 0 Å². The molecule has 0 bridgehead atoms. The number of nitrogens with zero attached hydrogens (tertiary/aromatic N) is 2. The average molecular weight is 412 g/mol. The van der Waals surface area contributed by atoms with Gasteiger partial charge in [0.1, 0.15) is 0 Å². The number of fused-ring (bicyclic) bond motifs is 2. The second-order valence-electron chi connectivity index (χ2n) is 7.16. The molecule has 2 aromatic rings. The summed E-state index contributed by atoms with van der Waals surface area (Å²) in [6, 6.07) is 9.56. The Morgan fingerprint density at radius 2 is 1.90 bits per heavy atom. The van der Waals surface area contributed by atoms with E-state index in [0.29, 0.717) is 19.6 Å². The Morgan fingerprint density at radius 3 is 2.57 bits per heavy atom. The zero-order valence-electron chi connectivity index (χ0n) is 17.9. The van der Waals surface area contributed by atoms with Gasteiger partial charge in [-0.15, -0.1) is 0 Å². The number of amides is 1. The maximum atomic E-state index is 13.0. The van der Waals surface area contributed by atoms with Crippen molar-refractivity contribution in [1.82, 2.24) is 9.47 Å². The number of benzene rings is 1. The Morgan fingerprint density at radius 1 is 1.20 bits per heavy atom. The van der Waals surface area contributed by atoms with Crippen molar-refractivity contribution in [2.75, 3.05) is 13.7 Å². The minimum Gasteiger partial charge on any atom is -0.491 e. The molecule has 0 aliphatic carbocycles. The summed E-state index contributed by atoms with van der Waals surface area (Å²) in [7, 11) is 1.35. The van der Waals surface area contributed by atoms with Crippen molar-refractivity contribution in [3.05, 3.63) is 63.6 Å². The van der Waals surface area contributed by atoms with Crippen molar-refractivity contribution < 1.29 is 19.1 Å². The van der Waals surface area contributed by atoms with Gasteiger partial charge in [-0.2, -0.15) is 0 Å². The number of pyridine rings is 1. The fourth-order valence-corrected chi connectivity index (χ4v) is 3.89. The molecule has 2 aliphatic rings. The van der Waals surface area contributed by atoms with Gasteiger partial charge in [-0.1, -0.05) is 44.2 Å². The van der Waals surface area contributed by atoms with E-state index in [1.54, 1.807) is 9.47 Å². The lowest BCUT2D eigenvalue weighted by Crippen LogP contribution is -2.49. The third-order valence-electron chi connectivity index (χ3n) is 5.33. The summed E-state index contributed by atoms with van der Waals surface area (Å²) < 4.78 is 12.6. The summed E-state index contributed by atoms with van der Waals surface area (Å²) in [6.07, 6.45) is 1.84. The molecule has 7 nitrogen and oxygen atoms in total. The number of aryl methyl sites for hydroxylation is 1. The smallest absolute Gasteiger partial charge is 0.276 e. The maximum Gasteiger partial charge on any atom is 0.276 e. The van der Waals surface area contributed by atoms with E-state index in [1.807, 2.05) is 51.1 Å². The van der Waals surface area contributed by atoms with Crippen molar-refractivity contribution in [1.29, 1.82) is 0 Å². The van der Waals surface area contributed by atoms with E-state index < -0.39 is 11.7 Å². The van der Waals surface area contributed by atoms with E-state index in [-0.39, 0.29) is 41.2 Å². The van der Waals surface area contributed by atoms with Gasteiger partial charge < -0.3 is 18.9 Å². The van der Waals surface area contributed by atoms with Crippen molar-refractivity contribution in [2.45, 2.75) is 52.4 Å². The molecule has 4 rings (SSSR count). The van der Waals surface area contributed by atoms with Gasteiger partial charge in [-0.05, 0) is 18.9 Å². The van der Waals surface area contributed by atoms with Gasteiger partial charge >= 0.3 is 0 Å². The van der Waals surface area contributed by atoms with Crippen molar-refractivity contribution in [2.24, 2.45) is 0 Å². The van der Waals surface area contributed by atoms with Crippen LogP contribution in [-0.4, -0.2) is 47.1 Å². The Kier molecular flexibility index (Phi) is 6.72. The Bertz CT molecular complexity index is 983. The summed E-state index contributed by atoms with van der Waals surface area (Å²) in [5.41, 5.74) is 0.718. The molecule has 1 saturated heterocycles. The standard InChI is InChI=1S/C21H22N2O5.C2H6/c1-13-12-28-17-11-22-10-15(16(24)9-8-14-6-4-3-5-7-14)19(25)20(27-2)18(22)21(26)23(13)17;1-2/h3-7,10,13,17H,8-9,11-12H2,1-2H3;1-2H3/t13-,17+;/m1./s1. The maximum absolute atomic E-state index is 13.0. The van der Waals surface area contributed by atoms with Crippen LogP contribution in [0.1, 0.15) is 53.6 Å². The summed E-state index contributed by atoms with van der Waals surface area (Å²) in [5, 5.41) is 0. The quantitative estimate of drug-likeness (QED) is 0.706. The number of aromatic nitrogens is 1. The molecule has 0 unspecified atom stereocenters. The summed E-state index contributed by atoms with van der Waals surface area (Å²) in [6.45, 7) is 6.71. The van der Waals surface area contributed by atoms with Crippen LogP contribution in [0.2, 0.25) is 0 Å². The van der Waals surface area contributed by atoms with Crippen LogP contribution in [0.5, 0.6) is 5.75 Å². The Balaban J connectivity index is 0.00000124. The second-order valence-corrected chi connectivity index (χ2v) is 7.16. The molecular formula is C23H28N2O5. The average Bonchev–Trinajstić information content (AvgIpc) is 3.15. The number of hydrogen-bond acceptors (Lipinski definition) is 5. The van der Waals surface area contributed by atoms with E-state index in [4.69, 9.17) is 9.47 Å². The SMILES string of the molecule is CC.COc1c2n(cc(C(=O)CCc3ccccc3)c1=O)C[C@@H]1OC[C@@H](C)N1C2=O. The Labute approximate surface area is 176 Å². The fourth-order valence-electron chi connectivity index (χ4n) is 3.89. The van der Waals surface area contributed by atoms with Crippen LogP contribution in [0.25, 0.3) is 0 Å². The third-order valence-corrected chi connectivity index (χ3v) is 5.33. The molecule has 2 atom stereocenters. The van der Waals surface area contributed by atoms with Gasteiger partial charge in [0, 0.05) is 12.6 Å². The fraction of sp³-hybridized carbons (Fsp3) is 0.435. The lowest BCUT2D eigenvalue weighted by Gasteiger charge is -2.34. The molecule has 3 heterocycles. The summed E-state index contributed by atoms with van der Waals surface area (Å²) >= 11 is 0. The van der Waals surface area contributed by atoms with Crippen molar-refractivity contribution in [3.8, 4) is 5.75 Å². The minimum atomic E-state index is -0.536.